The number of aliphatic hydroxyl groups is 1. The molecular weight excluding hydrogens is 242 g/mol. The van der Waals surface area contributed by atoms with E-state index in [2.05, 4.69) is 5.32 Å². The van der Waals surface area contributed by atoms with Crippen LogP contribution in [0.25, 0.3) is 0 Å². The summed E-state index contributed by atoms with van der Waals surface area (Å²) in [6.07, 6.45) is 5.05. The van der Waals surface area contributed by atoms with Crippen molar-refractivity contribution in [2.24, 2.45) is 5.92 Å². The van der Waals surface area contributed by atoms with E-state index in [1.807, 2.05) is 0 Å². The van der Waals surface area contributed by atoms with Crippen molar-refractivity contribution in [2.75, 3.05) is 6.54 Å². The van der Waals surface area contributed by atoms with E-state index in [9.17, 15) is 9.90 Å². The Kier molecular flexibility index (Phi) is 4.07. The van der Waals surface area contributed by atoms with Gasteiger partial charge in [-0.15, -0.1) is 0 Å². The molecule has 1 amide bonds. The summed E-state index contributed by atoms with van der Waals surface area (Å²) in [5.74, 6) is -0.0973. The Morgan fingerprint density at radius 2 is 2.29 bits per heavy atom. The lowest BCUT2D eigenvalue weighted by molar-refractivity contribution is 0.0663. The van der Waals surface area contributed by atoms with E-state index in [1.165, 1.54) is 12.3 Å². The highest BCUT2D eigenvalue weighted by atomic mass is 35.5. The molecule has 1 aromatic rings. The third-order valence-electron chi connectivity index (χ3n) is 3.26. The third kappa shape index (κ3) is 3.01. The monoisotopic (exact) mass is 257 g/mol. The van der Waals surface area contributed by atoms with Gasteiger partial charge in [-0.05, 0) is 30.5 Å². The largest absolute Gasteiger partial charge is 0.452 e. The lowest BCUT2D eigenvalue weighted by Crippen LogP contribution is -2.36. The van der Waals surface area contributed by atoms with Crippen molar-refractivity contribution in [3.63, 3.8) is 0 Å². The van der Waals surface area contributed by atoms with Crippen molar-refractivity contribution in [1.82, 2.24) is 5.32 Å². The van der Waals surface area contributed by atoms with Gasteiger partial charge in [-0.25, -0.2) is 0 Å². The maximum Gasteiger partial charge on any atom is 0.256 e. The molecule has 1 aliphatic carbocycles. The summed E-state index contributed by atoms with van der Waals surface area (Å²) >= 11 is 5.71. The number of rotatable bonds is 3. The van der Waals surface area contributed by atoms with Gasteiger partial charge < -0.3 is 14.8 Å². The van der Waals surface area contributed by atoms with Crippen LogP contribution in [-0.4, -0.2) is 23.7 Å². The van der Waals surface area contributed by atoms with E-state index in [0.717, 1.165) is 25.7 Å². The van der Waals surface area contributed by atoms with Gasteiger partial charge in [0.15, 0.2) is 0 Å². The highest BCUT2D eigenvalue weighted by molar-refractivity contribution is 6.32. The second kappa shape index (κ2) is 5.56. The number of halogens is 1. The summed E-state index contributed by atoms with van der Waals surface area (Å²) in [7, 11) is 0. The molecule has 0 spiro atoms. The van der Waals surface area contributed by atoms with Crippen LogP contribution in [0.1, 0.15) is 36.0 Å². The predicted molar refractivity (Wildman–Crippen MR) is 64.0 cm³/mol. The molecule has 1 aliphatic rings. The van der Waals surface area contributed by atoms with Crippen LogP contribution >= 0.6 is 11.6 Å². The Hall–Kier alpha value is -1.00. The summed E-state index contributed by atoms with van der Waals surface area (Å²) in [6, 6.07) is 1.54. The van der Waals surface area contributed by atoms with E-state index in [0.29, 0.717) is 12.1 Å². The fourth-order valence-electron chi connectivity index (χ4n) is 2.20. The quantitative estimate of drug-likeness (QED) is 0.873. The number of furan rings is 1. The molecule has 1 heterocycles. The van der Waals surface area contributed by atoms with Crippen molar-refractivity contribution in [2.45, 2.75) is 31.8 Å². The molecule has 2 N–H and O–H groups in total. The van der Waals surface area contributed by atoms with Gasteiger partial charge in [-0.3, -0.25) is 4.79 Å². The van der Waals surface area contributed by atoms with Gasteiger partial charge in [0, 0.05) is 12.5 Å². The summed E-state index contributed by atoms with van der Waals surface area (Å²) < 4.78 is 4.85. The van der Waals surface area contributed by atoms with E-state index in [1.54, 1.807) is 0 Å². The fourth-order valence-corrected chi connectivity index (χ4v) is 2.40. The van der Waals surface area contributed by atoms with Gasteiger partial charge in [0.25, 0.3) is 5.91 Å². The molecule has 2 unspecified atom stereocenters. The minimum atomic E-state index is -0.302. The van der Waals surface area contributed by atoms with Gasteiger partial charge in [0.05, 0.1) is 17.9 Å². The molecule has 1 fully saturated rings. The topological polar surface area (TPSA) is 62.5 Å². The maximum absolute atomic E-state index is 11.7. The average molecular weight is 258 g/mol. The standard InChI is InChI=1S/C12H16ClNO3/c13-11-9(5-6-17-11)12(16)14-7-8-3-1-2-4-10(8)15/h5-6,8,10,15H,1-4,7H2,(H,14,16). The number of carbonyl (C=O) groups excluding carboxylic acids is 1. The molecule has 0 bridgehead atoms. The van der Waals surface area contributed by atoms with Gasteiger partial charge in [0.1, 0.15) is 0 Å². The van der Waals surface area contributed by atoms with Crippen LogP contribution in [0.15, 0.2) is 16.7 Å². The van der Waals surface area contributed by atoms with E-state index < -0.39 is 0 Å². The van der Waals surface area contributed by atoms with Gasteiger partial charge in [-0.2, -0.15) is 0 Å². The number of aliphatic hydroxyl groups excluding tert-OH is 1. The first-order valence-electron chi connectivity index (χ1n) is 5.87. The molecular formula is C12H16ClNO3. The Labute approximate surface area is 105 Å². The molecule has 0 saturated heterocycles. The number of nitrogens with one attached hydrogen (secondary N) is 1. The zero-order valence-electron chi connectivity index (χ0n) is 9.49. The van der Waals surface area contributed by atoms with E-state index in [-0.39, 0.29) is 23.1 Å². The lowest BCUT2D eigenvalue weighted by Gasteiger charge is -2.27. The van der Waals surface area contributed by atoms with Gasteiger partial charge in [0.2, 0.25) is 5.22 Å². The number of hydrogen-bond donors (Lipinski definition) is 2. The van der Waals surface area contributed by atoms with Crippen LogP contribution in [-0.2, 0) is 0 Å². The van der Waals surface area contributed by atoms with Gasteiger partial charge in [-0.1, -0.05) is 12.8 Å². The summed E-state index contributed by atoms with van der Waals surface area (Å²) in [4.78, 5) is 11.7. The number of amides is 1. The van der Waals surface area contributed by atoms with Crippen molar-refractivity contribution >= 4 is 17.5 Å². The normalized spacial score (nSPS) is 24.6. The molecule has 5 heteroatoms. The second-order valence-electron chi connectivity index (χ2n) is 4.43. The van der Waals surface area contributed by atoms with E-state index in [4.69, 9.17) is 16.0 Å². The first-order chi connectivity index (χ1) is 8.18. The first kappa shape index (κ1) is 12.5. The third-order valence-corrected chi connectivity index (χ3v) is 3.55. The van der Waals surface area contributed by atoms with Crippen LogP contribution in [0.3, 0.4) is 0 Å². The minimum absolute atomic E-state index is 0.103. The van der Waals surface area contributed by atoms with E-state index >= 15 is 0 Å². The fraction of sp³-hybridized carbons (Fsp3) is 0.583. The average Bonchev–Trinajstić information content (AvgIpc) is 2.74. The maximum atomic E-state index is 11.7. The summed E-state index contributed by atoms with van der Waals surface area (Å²) in [6.45, 7) is 0.488. The molecule has 0 aromatic carbocycles. The lowest BCUT2D eigenvalue weighted by atomic mass is 9.86. The zero-order chi connectivity index (χ0) is 12.3. The molecule has 4 nitrogen and oxygen atoms in total. The van der Waals surface area contributed by atoms with Crippen LogP contribution in [0.5, 0.6) is 0 Å². The van der Waals surface area contributed by atoms with Crippen molar-refractivity contribution in [1.29, 1.82) is 0 Å². The van der Waals surface area contributed by atoms with Crippen molar-refractivity contribution < 1.29 is 14.3 Å². The van der Waals surface area contributed by atoms with Crippen LogP contribution in [0, 0.1) is 5.92 Å². The SMILES string of the molecule is O=C(NCC1CCCCC1O)c1ccoc1Cl. The molecule has 0 radical (unpaired) electrons. The first-order valence-corrected chi connectivity index (χ1v) is 6.25. The number of carbonyl (C=O) groups is 1. The highest BCUT2D eigenvalue weighted by Gasteiger charge is 2.24. The van der Waals surface area contributed by atoms with Crippen molar-refractivity contribution in [3.8, 4) is 0 Å². The Balaban J connectivity index is 1.86. The Morgan fingerprint density at radius 3 is 2.94 bits per heavy atom. The van der Waals surface area contributed by atoms with Crippen LogP contribution in [0.2, 0.25) is 5.22 Å². The molecule has 0 aliphatic heterocycles. The van der Waals surface area contributed by atoms with Gasteiger partial charge >= 0.3 is 0 Å². The Bertz CT molecular complexity index is 391. The second-order valence-corrected chi connectivity index (χ2v) is 4.77. The molecule has 2 rings (SSSR count). The van der Waals surface area contributed by atoms with Crippen LogP contribution in [0.4, 0.5) is 0 Å². The smallest absolute Gasteiger partial charge is 0.256 e. The summed E-state index contributed by atoms with van der Waals surface area (Å²) in [5.41, 5.74) is 0.344. The molecule has 1 saturated carbocycles. The molecule has 2 atom stereocenters. The minimum Gasteiger partial charge on any atom is -0.452 e. The molecule has 1 aromatic heterocycles. The molecule has 17 heavy (non-hydrogen) atoms. The highest BCUT2D eigenvalue weighted by Crippen LogP contribution is 2.24. The van der Waals surface area contributed by atoms with Crippen LogP contribution < -0.4 is 5.32 Å². The molecule has 94 valence electrons. The zero-order valence-corrected chi connectivity index (χ0v) is 10.2. The Morgan fingerprint density at radius 1 is 1.53 bits per heavy atom. The summed E-state index contributed by atoms with van der Waals surface area (Å²) in [5, 5.41) is 12.7. The number of hydrogen-bond acceptors (Lipinski definition) is 3. The van der Waals surface area contributed by atoms with Crippen molar-refractivity contribution in [3.05, 3.63) is 23.1 Å². The predicted octanol–water partition coefficient (Wildman–Crippen LogP) is 2.21.